The van der Waals surface area contributed by atoms with E-state index in [2.05, 4.69) is 26.0 Å². The van der Waals surface area contributed by atoms with Crippen molar-refractivity contribution in [2.45, 2.75) is 12.6 Å². The van der Waals surface area contributed by atoms with Crippen molar-refractivity contribution in [1.29, 1.82) is 0 Å². The van der Waals surface area contributed by atoms with Crippen LogP contribution >= 0.6 is 15.9 Å². The van der Waals surface area contributed by atoms with Crippen molar-refractivity contribution in [2.75, 3.05) is 0 Å². The predicted octanol–water partition coefficient (Wildman–Crippen LogP) is 1.68. The molecule has 1 N–H and O–H groups in total. The first-order valence-corrected chi connectivity index (χ1v) is 5.83. The van der Waals surface area contributed by atoms with E-state index >= 15 is 0 Å². The van der Waals surface area contributed by atoms with Crippen LogP contribution in [0.25, 0.3) is 0 Å². The summed E-state index contributed by atoms with van der Waals surface area (Å²) < 4.78 is 2.09. The lowest BCUT2D eigenvalue weighted by atomic mass is 10.1. The summed E-state index contributed by atoms with van der Waals surface area (Å²) in [6.45, 7) is 0.108. The maximum Gasteiger partial charge on any atom is 0.490 e. The zero-order valence-electron chi connectivity index (χ0n) is 9.10. The molecule has 2 rings (SSSR count). The third-order valence-electron chi connectivity index (χ3n) is 2.28. The van der Waals surface area contributed by atoms with Gasteiger partial charge in [0.2, 0.25) is 6.33 Å². The lowest BCUT2D eigenvalue weighted by Gasteiger charge is -2.09. The molecule has 0 saturated carbocycles. The second-order valence-electron chi connectivity index (χ2n) is 3.59. The number of halogens is 1. The molecule has 0 saturated heterocycles. The number of nitrogens with zero attached hydrogens (tertiary/aromatic N) is 4. The fourth-order valence-corrected chi connectivity index (χ4v) is 1.87. The van der Waals surface area contributed by atoms with Crippen LogP contribution in [0.4, 0.5) is 5.95 Å². The molecule has 0 bridgehead atoms. The van der Waals surface area contributed by atoms with Gasteiger partial charge in [0.25, 0.3) is 0 Å². The van der Waals surface area contributed by atoms with Crippen LogP contribution < -0.4 is 0 Å². The minimum Gasteiger partial charge on any atom is -0.390 e. The molecular formula is C10H9BrN4O3. The van der Waals surface area contributed by atoms with Gasteiger partial charge in [0, 0.05) is 9.57 Å². The molecular weight excluding hydrogens is 304 g/mol. The van der Waals surface area contributed by atoms with E-state index in [4.69, 9.17) is 0 Å². The van der Waals surface area contributed by atoms with Crippen LogP contribution in [-0.4, -0.2) is 24.8 Å². The Labute approximate surface area is 110 Å². The summed E-state index contributed by atoms with van der Waals surface area (Å²) >= 11 is 3.30. The normalized spacial score (nSPS) is 12.3. The highest BCUT2D eigenvalue weighted by Crippen LogP contribution is 2.19. The largest absolute Gasteiger partial charge is 0.490 e. The van der Waals surface area contributed by atoms with Gasteiger partial charge in [-0.25, -0.2) is 0 Å². The number of rotatable bonds is 4. The standard InChI is InChI=1S/C10H9BrN4O3/c11-8-3-1-2-7(4-8)9(16)5-14-6-12-10(13-14)15(17)18/h1-4,6,9,16H,5H2/t9-/m0/s1. The first kappa shape index (κ1) is 12.7. The molecule has 0 aliphatic carbocycles. The lowest BCUT2D eigenvalue weighted by Crippen LogP contribution is -2.09. The average molecular weight is 313 g/mol. The smallest absolute Gasteiger partial charge is 0.390 e. The van der Waals surface area contributed by atoms with Crippen LogP contribution in [-0.2, 0) is 6.54 Å². The van der Waals surface area contributed by atoms with E-state index in [0.29, 0.717) is 5.56 Å². The van der Waals surface area contributed by atoms with Crippen molar-refractivity contribution in [3.8, 4) is 0 Å². The molecule has 0 unspecified atom stereocenters. The zero-order chi connectivity index (χ0) is 13.1. The lowest BCUT2D eigenvalue weighted by molar-refractivity contribution is -0.394. The third-order valence-corrected chi connectivity index (χ3v) is 2.77. The van der Waals surface area contributed by atoms with Gasteiger partial charge in [0.05, 0.1) is 6.54 Å². The van der Waals surface area contributed by atoms with Crippen LogP contribution in [0.15, 0.2) is 35.1 Å². The van der Waals surface area contributed by atoms with E-state index in [0.717, 1.165) is 4.47 Å². The number of aromatic nitrogens is 3. The monoisotopic (exact) mass is 312 g/mol. The summed E-state index contributed by atoms with van der Waals surface area (Å²) in [4.78, 5) is 13.2. The molecule has 0 fully saturated rings. The van der Waals surface area contributed by atoms with Gasteiger partial charge in [-0.3, -0.25) is 0 Å². The van der Waals surface area contributed by atoms with Gasteiger partial charge in [-0.05, 0) is 22.6 Å². The Kier molecular flexibility index (Phi) is 3.68. The second-order valence-corrected chi connectivity index (χ2v) is 4.51. The van der Waals surface area contributed by atoms with Crippen molar-refractivity contribution >= 4 is 21.9 Å². The number of hydrogen-bond acceptors (Lipinski definition) is 5. The summed E-state index contributed by atoms with van der Waals surface area (Å²) in [6.07, 6.45) is 0.420. The summed E-state index contributed by atoms with van der Waals surface area (Å²) in [5.41, 5.74) is 0.697. The van der Waals surface area contributed by atoms with Crippen molar-refractivity contribution < 1.29 is 10.0 Å². The first-order valence-electron chi connectivity index (χ1n) is 5.03. The maximum atomic E-state index is 10.4. The molecule has 1 atom stereocenters. The Morgan fingerprint density at radius 3 is 2.94 bits per heavy atom. The van der Waals surface area contributed by atoms with Crippen LogP contribution in [0, 0.1) is 10.1 Å². The summed E-state index contributed by atoms with van der Waals surface area (Å²) in [5, 5.41) is 24.0. The molecule has 94 valence electrons. The number of hydrogen-bond donors (Lipinski definition) is 1. The predicted molar refractivity (Wildman–Crippen MR) is 65.8 cm³/mol. The molecule has 0 aliphatic rings. The van der Waals surface area contributed by atoms with Crippen LogP contribution in [0.3, 0.4) is 0 Å². The number of nitro groups is 1. The van der Waals surface area contributed by atoms with E-state index in [9.17, 15) is 15.2 Å². The Balaban J connectivity index is 2.11. The van der Waals surface area contributed by atoms with Gasteiger partial charge in [0.15, 0.2) is 0 Å². The molecule has 18 heavy (non-hydrogen) atoms. The zero-order valence-corrected chi connectivity index (χ0v) is 10.7. The molecule has 0 aliphatic heterocycles. The summed E-state index contributed by atoms with van der Waals surface area (Å²) in [6, 6.07) is 7.18. The number of aliphatic hydroxyl groups is 1. The quantitative estimate of drug-likeness (QED) is 0.684. The molecule has 1 aromatic heterocycles. The maximum absolute atomic E-state index is 10.4. The molecule has 1 aromatic carbocycles. The van der Waals surface area contributed by atoms with Crippen LogP contribution in [0.5, 0.6) is 0 Å². The Bertz CT molecular complexity index is 572. The highest BCUT2D eigenvalue weighted by atomic mass is 79.9. The van der Waals surface area contributed by atoms with Crippen molar-refractivity contribution in [2.24, 2.45) is 0 Å². The molecule has 7 nitrogen and oxygen atoms in total. The molecule has 0 amide bonds. The van der Waals surface area contributed by atoms with E-state index in [1.807, 2.05) is 6.07 Å². The van der Waals surface area contributed by atoms with Crippen LogP contribution in [0.1, 0.15) is 11.7 Å². The van der Waals surface area contributed by atoms with Gasteiger partial charge in [-0.1, -0.05) is 33.0 Å². The number of aliphatic hydroxyl groups excluding tert-OH is 1. The van der Waals surface area contributed by atoms with Gasteiger partial charge in [-0.15, -0.1) is 0 Å². The highest BCUT2D eigenvalue weighted by Gasteiger charge is 2.16. The van der Waals surface area contributed by atoms with E-state index in [1.165, 1.54) is 11.0 Å². The molecule has 0 radical (unpaired) electrons. The van der Waals surface area contributed by atoms with Crippen molar-refractivity contribution in [3.63, 3.8) is 0 Å². The summed E-state index contributed by atoms with van der Waals surface area (Å²) in [5.74, 6) is -0.476. The Hall–Kier alpha value is -1.80. The fraction of sp³-hybridized carbons (Fsp3) is 0.200. The van der Waals surface area contributed by atoms with Gasteiger partial charge >= 0.3 is 5.95 Å². The second kappa shape index (κ2) is 5.23. The average Bonchev–Trinajstić information content (AvgIpc) is 2.77. The SMILES string of the molecule is O=[N+]([O-])c1ncn(C[C@H](O)c2cccc(Br)c2)n1. The molecule has 0 spiro atoms. The van der Waals surface area contributed by atoms with Gasteiger partial charge < -0.3 is 15.2 Å². The van der Waals surface area contributed by atoms with Gasteiger partial charge in [0.1, 0.15) is 6.10 Å². The van der Waals surface area contributed by atoms with Crippen molar-refractivity contribution in [1.82, 2.24) is 14.8 Å². The minimum absolute atomic E-state index is 0.108. The van der Waals surface area contributed by atoms with E-state index < -0.39 is 17.0 Å². The van der Waals surface area contributed by atoms with Crippen molar-refractivity contribution in [3.05, 3.63) is 50.7 Å². The highest BCUT2D eigenvalue weighted by molar-refractivity contribution is 9.10. The molecule has 1 heterocycles. The third kappa shape index (κ3) is 2.90. The molecule has 8 heteroatoms. The fourth-order valence-electron chi connectivity index (χ4n) is 1.45. The molecule has 2 aromatic rings. The number of benzene rings is 1. The Morgan fingerprint density at radius 1 is 1.56 bits per heavy atom. The summed E-state index contributed by atoms with van der Waals surface area (Å²) in [7, 11) is 0. The van der Waals surface area contributed by atoms with Crippen LogP contribution in [0.2, 0.25) is 0 Å². The topological polar surface area (TPSA) is 94.1 Å². The van der Waals surface area contributed by atoms with Gasteiger partial charge in [-0.2, -0.15) is 4.68 Å². The minimum atomic E-state index is -0.802. The van der Waals surface area contributed by atoms with E-state index in [-0.39, 0.29) is 6.54 Å². The Morgan fingerprint density at radius 2 is 2.33 bits per heavy atom. The van der Waals surface area contributed by atoms with E-state index in [1.54, 1.807) is 18.2 Å². The first-order chi connectivity index (χ1) is 8.56.